The molecule has 0 atom stereocenters. The summed E-state index contributed by atoms with van der Waals surface area (Å²) >= 11 is 0. The zero-order valence-electron chi connectivity index (χ0n) is 15.1. The topological polar surface area (TPSA) is 63.7 Å². The van der Waals surface area contributed by atoms with E-state index in [-0.39, 0.29) is 5.56 Å². The summed E-state index contributed by atoms with van der Waals surface area (Å²) in [5.74, 6) is 0.902. The molecule has 0 unspecified atom stereocenters. The third-order valence-corrected chi connectivity index (χ3v) is 4.27. The molecule has 0 aliphatic rings. The van der Waals surface area contributed by atoms with Crippen LogP contribution in [0.4, 0.5) is 5.69 Å². The van der Waals surface area contributed by atoms with Crippen molar-refractivity contribution in [2.24, 2.45) is 0 Å². The number of anilines is 1. The lowest BCUT2D eigenvalue weighted by molar-refractivity contribution is 0.104. The second kappa shape index (κ2) is 7.44. The maximum absolute atomic E-state index is 12.4. The van der Waals surface area contributed by atoms with Crippen molar-refractivity contribution in [3.63, 3.8) is 0 Å². The fourth-order valence-corrected chi connectivity index (χ4v) is 2.85. The second-order valence-electron chi connectivity index (χ2n) is 5.99. The number of carbonyl (C=O) groups is 1. The van der Waals surface area contributed by atoms with Gasteiger partial charge in [0, 0.05) is 30.2 Å². The zero-order chi connectivity index (χ0) is 18.7. The summed E-state index contributed by atoms with van der Waals surface area (Å²) in [6.07, 6.45) is 2.86. The van der Waals surface area contributed by atoms with Gasteiger partial charge in [-0.15, -0.1) is 0 Å². The average Bonchev–Trinajstić information content (AvgIpc) is 3.05. The Morgan fingerprint density at radius 2 is 1.85 bits per heavy atom. The first kappa shape index (κ1) is 17.7. The number of hydrogen-bond acceptors (Lipinski definition) is 5. The number of furan rings is 1. The fourth-order valence-electron chi connectivity index (χ4n) is 2.85. The van der Waals surface area contributed by atoms with E-state index < -0.39 is 11.4 Å². The van der Waals surface area contributed by atoms with Crippen molar-refractivity contribution in [3.8, 4) is 0 Å². The van der Waals surface area contributed by atoms with E-state index in [4.69, 9.17) is 8.83 Å². The molecule has 26 heavy (non-hydrogen) atoms. The van der Waals surface area contributed by atoms with Gasteiger partial charge in [-0.2, -0.15) is 0 Å². The van der Waals surface area contributed by atoms with Crippen LogP contribution in [0.5, 0.6) is 0 Å². The standard InChI is InChI=1S/C21H21NO4/c1-4-22(5-2)16-8-7-15-12-18(21(24)26-20(15)13-16)19(23)11-10-17-9-6-14(3)25-17/h6-13H,4-5H2,1-3H3/b11-10+. The number of nitrogens with zero attached hydrogens (tertiary/aromatic N) is 1. The smallest absolute Gasteiger partial charge is 0.347 e. The molecule has 0 fully saturated rings. The van der Waals surface area contributed by atoms with Crippen LogP contribution in [-0.2, 0) is 0 Å². The molecule has 0 saturated carbocycles. The number of aryl methyl sites for hydroxylation is 1. The van der Waals surface area contributed by atoms with Gasteiger partial charge >= 0.3 is 5.63 Å². The minimum atomic E-state index is -0.639. The van der Waals surface area contributed by atoms with Crippen molar-refractivity contribution in [1.82, 2.24) is 0 Å². The number of fused-ring (bicyclic) bond motifs is 1. The number of benzene rings is 1. The minimum Gasteiger partial charge on any atom is -0.462 e. The van der Waals surface area contributed by atoms with Crippen LogP contribution in [0.25, 0.3) is 17.0 Å². The minimum absolute atomic E-state index is 0.00705. The molecule has 134 valence electrons. The van der Waals surface area contributed by atoms with Crippen molar-refractivity contribution in [3.05, 3.63) is 70.0 Å². The van der Waals surface area contributed by atoms with Crippen LogP contribution < -0.4 is 10.5 Å². The average molecular weight is 351 g/mol. The number of rotatable bonds is 6. The largest absolute Gasteiger partial charge is 0.462 e. The molecule has 5 heteroatoms. The predicted octanol–water partition coefficient (Wildman–Crippen LogP) is 4.44. The summed E-state index contributed by atoms with van der Waals surface area (Å²) in [5, 5.41) is 0.714. The van der Waals surface area contributed by atoms with Crippen LogP contribution in [0.2, 0.25) is 0 Å². The summed E-state index contributed by atoms with van der Waals surface area (Å²) in [6, 6.07) is 10.8. The first-order valence-electron chi connectivity index (χ1n) is 8.63. The van der Waals surface area contributed by atoms with Crippen LogP contribution >= 0.6 is 0 Å². The van der Waals surface area contributed by atoms with Crippen LogP contribution in [0.15, 0.2) is 56.1 Å². The Morgan fingerprint density at radius 3 is 2.50 bits per heavy atom. The van der Waals surface area contributed by atoms with Gasteiger partial charge in [-0.05, 0) is 63.3 Å². The van der Waals surface area contributed by atoms with E-state index in [0.717, 1.165) is 24.5 Å². The van der Waals surface area contributed by atoms with E-state index in [2.05, 4.69) is 18.7 Å². The molecule has 0 radical (unpaired) electrons. The van der Waals surface area contributed by atoms with Gasteiger partial charge < -0.3 is 13.7 Å². The number of hydrogen-bond donors (Lipinski definition) is 0. The molecule has 0 N–H and O–H groups in total. The number of ketones is 1. The molecule has 0 saturated heterocycles. The fraction of sp³-hybridized carbons (Fsp3) is 0.238. The molecule has 0 aliphatic heterocycles. The van der Waals surface area contributed by atoms with Crippen LogP contribution in [-0.4, -0.2) is 18.9 Å². The normalized spacial score (nSPS) is 11.3. The maximum Gasteiger partial charge on any atom is 0.347 e. The van der Waals surface area contributed by atoms with Gasteiger partial charge in [-0.3, -0.25) is 4.79 Å². The van der Waals surface area contributed by atoms with Crippen molar-refractivity contribution >= 4 is 28.5 Å². The van der Waals surface area contributed by atoms with Gasteiger partial charge in [0.05, 0.1) is 0 Å². The second-order valence-corrected chi connectivity index (χ2v) is 5.99. The molecule has 2 aromatic heterocycles. The first-order chi connectivity index (χ1) is 12.5. The monoisotopic (exact) mass is 351 g/mol. The molecule has 0 aliphatic carbocycles. The highest BCUT2D eigenvalue weighted by Gasteiger charge is 2.13. The SMILES string of the molecule is CCN(CC)c1ccc2cc(C(=O)/C=C/c3ccc(C)o3)c(=O)oc2c1. The Hall–Kier alpha value is -3.08. The van der Waals surface area contributed by atoms with Gasteiger partial charge in [0.15, 0.2) is 5.78 Å². The molecule has 5 nitrogen and oxygen atoms in total. The molecule has 2 heterocycles. The summed E-state index contributed by atoms with van der Waals surface area (Å²) in [7, 11) is 0. The van der Waals surface area contributed by atoms with Gasteiger partial charge in [-0.25, -0.2) is 4.79 Å². The Bertz CT molecular complexity index is 1020. The Kier molecular flexibility index (Phi) is 5.07. The summed E-state index contributed by atoms with van der Waals surface area (Å²) in [6.45, 7) is 7.68. The zero-order valence-corrected chi connectivity index (χ0v) is 15.1. The van der Waals surface area contributed by atoms with Crippen LogP contribution in [0.3, 0.4) is 0 Å². The van der Waals surface area contributed by atoms with E-state index in [1.165, 1.54) is 6.08 Å². The highest BCUT2D eigenvalue weighted by atomic mass is 16.4. The van der Waals surface area contributed by atoms with Crippen LogP contribution in [0, 0.1) is 6.92 Å². The van der Waals surface area contributed by atoms with Gasteiger partial charge in [-0.1, -0.05) is 0 Å². The molecule has 1 aromatic carbocycles. The molecule has 0 bridgehead atoms. The van der Waals surface area contributed by atoms with Crippen molar-refractivity contribution < 1.29 is 13.6 Å². The molecule has 3 aromatic rings. The Labute approximate surface area is 151 Å². The van der Waals surface area contributed by atoms with E-state index in [1.54, 1.807) is 18.2 Å². The lowest BCUT2D eigenvalue weighted by atomic mass is 10.1. The van der Waals surface area contributed by atoms with E-state index in [9.17, 15) is 9.59 Å². The maximum atomic E-state index is 12.4. The molecule has 0 spiro atoms. The molecular formula is C21H21NO4. The summed E-state index contributed by atoms with van der Waals surface area (Å²) in [5.41, 5.74) is 0.825. The third kappa shape index (κ3) is 3.61. The Morgan fingerprint density at radius 1 is 1.08 bits per heavy atom. The van der Waals surface area contributed by atoms with E-state index in [0.29, 0.717) is 16.7 Å². The van der Waals surface area contributed by atoms with Gasteiger partial charge in [0.2, 0.25) is 0 Å². The molecule has 3 rings (SSSR count). The van der Waals surface area contributed by atoms with Crippen molar-refractivity contribution in [2.45, 2.75) is 20.8 Å². The Balaban J connectivity index is 1.93. The molecule has 0 amide bonds. The lowest BCUT2D eigenvalue weighted by Crippen LogP contribution is -2.21. The number of carbonyl (C=O) groups excluding carboxylic acids is 1. The van der Waals surface area contributed by atoms with Gasteiger partial charge in [0.1, 0.15) is 22.7 Å². The van der Waals surface area contributed by atoms with E-state index in [1.807, 2.05) is 31.2 Å². The summed E-state index contributed by atoms with van der Waals surface area (Å²) < 4.78 is 10.8. The van der Waals surface area contributed by atoms with Gasteiger partial charge in [0.25, 0.3) is 0 Å². The highest BCUT2D eigenvalue weighted by Crippen LogP contribution is 2.22. The third-order valence-electron chi connectivity index (χ3n) is 4.27. The molecular weight excluding hydrogens is 330 g/mol. The van der Waals surface area contributed by atoms with Crippen molar-refractivity contribution in [1.29, 1.82) is 0 Å². The lowest BCUT2D eigenvalue weighted by Gasteiger charge is -2.20. The first-order valence-corrected chi connectivity index (χ1v) is 8.63. The summed E-state index contributed by atoms with van der Waals surface area (Å²) in [4.78, 5) is 26.8. The number of allylic oxidation sites excluding steroid dienone is 1. The highest BCUT2D eigenvalue weighted by molar-refractivity contribution is 6.07. The predicted molar refractivity (Wildman–Crippen MR) is 103 cm³/mol. The van der Waals surface area contributed by atoms with Crippen molar-refractivity contribution in [2.75, 3.05) is 18.0 Å². The van der Waals surface area contributed by atoms with Crippen LogP contribution in [0.1, 0.15) is 35.7 Å². The quantitative estimate of drug-likeness (QED) is 0.373. The van der Waals surface area contributed by atoms with E-state index >= 15 is 0 Å².